The van der Waals surface area contributed by atoms with Crippen molar-refractivity contribution in [2.75, 3.05) is 12.8 Å². The predicted octanol–water partition coefficient (Wildman–Crippen LogP) is 3.27. The van der Waals surface area contributed by atoms with E-state index in [1.165, 1.54) is 0 Å². The van der Waals surface area contributed by atoms with E-state index in [1.54, 1.807) is 19.5 Å². The van der Waals surface area contributed by atoms with Gasteiger partial charge < -0.3 is 15.0 Å². The molecule has 2 heterocycles. The van der Waals surface area contributed by atoms with Crippen LogP contribution in [0.5, 0.6) is 5.75 Å². The van der Waals surface area contributed by atoms with Crippen molar-refractivity contribution in [3.05, 3.63) is 36.7 Å². The average Bonchev–Trinajstić information content (AvgIpc) is 2.87. The van der Waals surface area contributed by atoms with Gasteiger partial charge in [-0.15, -0.1) is 0 Å². The summed E-state index contributed by atoms with van der Waals surface area (Å²) in [5.74, 6) is 1.60. The minimum absolute atomic E-state index is 0.262. The number of methoxy groups -OCH3 is 1. The Balaban J connectivity index is 2.32. The number of aromatic nitrogens is 3. The molecule has 0 spiro atoms. The van der Waals surface area contributed by atoms with Crippen LogP contribution < -0.4 is 10.5 Å². The Morgan fingerprint density at radius 2 is 2.05 bits per heavy atom. The summed E-state index contributed by atoms with van der Waals surface area (Å²) >= 11 is 0. The van der Waals surface area contributed by atoms with E-state index in [0.717, 1.165) is 28.2 Å². The summed E-state index contributed by atoms with van der Waals surface area (Å²) in [6, 6.07) is 7.85. The van der Waals surface area contributed by atoms with Gasteiger partial charge in [0.05, 0.1) is 18.8 Å². The monoisotopic (exact) mass is 282 g/mol. The molecule has 0 radical (unpaired) electrons. The Morgan fingerprint density at radius 1 is 1.24 bits per heavy atom. The van der Waals surface area contributed by atoms with Crippen LogP contribution in [-0.4, -0.2) is 21.6 Å². The van der Waals surface area contributed by atoms with Crippen LogP contribution in [0, 0.1) is 0 Å². The maximum atomic E-state index is 6.14. The zero-order chi connectivity index (χ0) is 15.0. The zero-order valence-corrected chi connectivity index (χ0v) is 12.4. The Kier molecular flexibility index (Phi) is 3.25. The second kappa shape index (κ2) is 5.09. The molecule has 108 valence electrons. The number of hydrogen-bond acceptors (Lipinski definition) is 4. The number of nitrogens with two attached hydrogens (primary N) is 1. The quantitative estimate of drug-likeness (QED) is 0.749. The Bertz CT molecular complexity index is 792. The van der Waals surface area contributed by atoms with E-state index >= 15 is 0 Å². The van der Waals surface area contributed by atoms with E-state index in [1.807, 2.05) is 24.3 Å². The van der Waals surface area contributed by atoms with Crippen LogP contribution in [0.25, 0.3) is 22.4 Å². The van der Waals surface area contributed by atoms with Crippen molar-refractivity contribution in [2.24, 2.45) is 0 Å². The summed E-state index contributed by atoms with van der Waals surface area (Å²) < 4.78 is 7.47. The van der Waals surface area contributed by atoms with E-state index in [4.69, 9.17) is 15.5 Å². The highest BCUT2D eigenvalue weighted by atomic mass is 16.5. The lowest BCUT2D eigenvalue weighted by Gasteiger charge is -2.15. The molecule has 0 aliphatic rings. The SMILES string of the molecule is COc1ccc(N)c(-c2nc3cnccc3n2C(C)C)c1. The predicted molar refractivity (Wildman–Crippen MR) is 84.3 cm³/mol. The fraction of sp³-hybridized carbons (Fsp3) is 0.250. The van der Waals surface area contributed by atoms with Gasteiger partial charge in [-0.2, -0.15) is 0 Å². The first-order valence-corrected chi connectivity index (χ1v) is 6.87. The zero-order valence-electron chi connectivity index (χ0n) is 12.4. The van der Waals surface area contributed by atoms with Crippen molar-refractivity contribution < 1.29 is 4.74 Å². The van der Waals surface area contributed by atoms with Gasteiger partial charge in [0.15, 0.2) is 0 Å². The average molecular weight is 282 g/mol. The molecule has 2 aromatic heterocycles. The maximum Gasteiger partial charge on any atom is 0.143 e. The standard InChI is InChI=1S/C16H18N4O/c1-10(2)20-15-6-7-18-9-14(15)19-16(20)12-8-11(21-3)4-5-13(12)17/h4-10H,17H2,1-3H3. The topological polar surface area (TPSA) is 66.0 Å². The molecule has 0 amide bonds. The number of imidazole rings is 1. The Labute approximate surface area is 123 Å². The molecule has 2 N–H and O–H groups in total. The van der Waals surface area contributed by atoms with E-state index in [2.05, 4.69) is 23.4 Å². The molecule has 0 bridgehead atoms. The van der Waals surface area contributed by atoms with Crippen LogP contribution in [0.2, 0.25) is 0 Å². The molecule has 5 heteroatoms. The number of rotatable bonds is 3. The van der Waals surface area contributed by atoms with Crippen LogP contribution in [0.3, 0.4) is 0 Å². The smallest absolute Gasteiger partial charge is 0.143 e. The molecule has 0 unspecified atom stereocenters. The molecular formula is C16H18N4O. The highest BCUT2D eigenvalue weighted by molar-refractivity contribution is 5.83. The second-order valence-electron chi connectivity index (χ2n) is 5.22. The molecule has 0 fully saturated rings. The normalized spacial score (nSPS) is 11.2. The van der Waals surface area contributed by atoms with Gasteiger partial charge in [-0.25, -0.2) is 4.98 Å². The summed E-state index contributed by atoms with van der Waals surface area (Å²) in [7, 11) is 1.64. The first-order valence-electron chi connectivity index (χ1n) is 6.87. The third kappa shape index (κ3) is 2.20. The van der Waals surface area contributed by atoms with Crippen molar-refractivity contribution >= 4 is 16.7 Å². The van der Waals surface area contributed by atoms with Crippen LogP contribution in [-0.2, 0) is 0 Å². The van der Waals surface area contributed by atoms with E-state index < -0.39 is 0 Å². The molecule has 3 rings (SSSR count). The summed E-state index contributed by atoms with van der Waals surface area (Å²) in [5, 5.41) is 0. The molecule has 1 aromatic carbocycles. The number of fused-ring (bicyclic) bond motifs is 1. The van der Waals surface area contributed by atoms with Crippen molar-refractivity contribution in [1.29, 1.82) is 0 Å². The third-order valence-electron chi connectivity index (χ3n) is 3.51. The van der Waals surface area contributed by atoms with E-state index in [0.29, 0.717) is 5.69 Å². The lowest BCUT2D eigenvalue weighted by Crippen LogP contribution is -2.04. The third-order valence-corrected chi connectivity index (χ3v) is 3.51. The Morgan fingerprint density at radius 3 is 2.76 bits per heavy atom. The van der Waals surface area contributed by atoms with Gasteiger partial charge in [-0.05, 0) is 38.1 Å². The molecule has 0 aliphatic carbocycles. The fourth-order valence-corrected chi connectivity index (χ4v) is 2.52. The molecule has 3 aromatic rings. The van der Waals surface area contributed by atoms with Gasteiger partial charge in [0.25, 0.3) is 0 Å². The minimum atomic E-state index is 0.262. The summed E-state index contributed by atoms with van der Waals surface area (Å²) in [4.78, 5) is 8.85. The van der Waals surface area contributed by atoms with Gasteiger partial charge in [-0.3, -0.25) is 4.98 Å². The van der Waals surface area contributed by atoms with Crippen LogP contribution in [0.15, 0.2) is 36.7 Å². The Hall–Kier alpha value is -2.56. The lowest BCUT2D eigenvalue weighted by molar-refractivity contribution is 0.415. The number of benzene rings is 1. The highest BCUT2D eigenvalue weighted by Crippen LogP contribution is 2.33. The molecule has 0 saturated carbocycles. The number of nitrogens with zero attached hydrogens (tertiary/aromatic N) is 3. The minimum Gasteiger partial charge on any atom is -0.497 e. The summed E-state index contributed by atoms with van der Waals surface area (Å²) in [6.07, 6.45) is 3.55. The largest absolute Gasteiger partial charge is 0.497 e. The number of pyridine rings is 1. The van der Waals surface area contributed by atoms with E-state index in [-0.39, 0.29) is 6.04 Å². The van der Waals surface area contributed by atoms with Crippen LogP contribution in [0.1, 0.15) is 19.9 Å². The fourth-order valence-electron chi connectivity index (χ4n) is 2.52. The van der Waals surface area contributed by atoms with Gasteiger partial charge in [0.2, 0.25) is 0 Å². The molecule has 5 nitrogen and oxygen atoms in total. The van der Waals surface area contributed by atoms with Crippen LogP contribution >= 0.6 is 0 Å². The molecule has 21 heavy (non-hydrogen) atoms. The van der Waals surface area contributed by atoms with Gasteiger partial charge >= 0.3 is 0 Å². The van der Waals surface area contributed by atoms with E-state index in [9.17, 15) is 0 Å². The van der Waals surface area contributed by atoms with Gasteiger partial charge in [-0.1, -0.05) is 0 Å². The number of anilines is 1. The van der Waals surface area contributed by atoms with Crippen molar-refractivity contribution in [2.45, 2.75) is 19.9 Å². The molecular weight excluding hydrogens is 264 g/mol. The maximum absolute atomic E-state index is 6.14. The second-order valence-corrected chi connectivity index (χ2v) is 5.22. The van der Waals surface area contributed by atoms with Crippen molar-refractivity contribution in [3.8, 4) is 17.1 Å². The highest BCUT2D eigenvalue weighted by Gasteiger charge is 2.17. The van der Waals surface area contributed by atoms with Crippen molar-refractivity contribution in [3.63, 3.8) is 0 Å². The molecule has 0 atom stereocenters. The van der Waals surface area contributed by atoms with Gasteiger partial charge in [0.1, 0.15) is 17.1 Å². The van der Waals surface area contributed by atoms with Gasteiger partial charge in [0, 0.05) is 23.5 Å². The van der Waals surface area contributed by atoms with Crippen LogP contribution in [0.4, 0.5) is 5.69 Å². The molecule has 0 saturated heterocycles. The number of nitrogen functional groups attached to an aromatic ring is 1. The summed E-state index contributed by atoms with van der Waals surface area (Å²) in [6.45, 7) is 4.25. The number of ether oxygens (including phenoxy) is 1. The first-order chi connectivity index (χ1) is 10.1. The van der Waals surface area contributed by atoms with Crippen molar-refractivity contribution in [1.82, 2.24) is 14.5 Å². The first kappa shape index (κ1) is 13.4. The lowest BCUT2D eigenvalue weighted by atomic mass is 10.1. The molecule has 0 aliphatic heterocycles. The summed E-state index contributed by atoms with van der Waals surface area (Å²) in [5.41, 5.74) is 9.62. The number of hydrogen-bond donors (Lipinski definition) is 1.